The van der Waals surface area contributed by atoms with Crippen LogP contribution in [0.3, 0.4) is 0 Å². The van der Waals surface area contributed by atoms with Crippen molar-refractivity contribution < 1.29 is 4.74 Å². The summed E-state index contributed by atoms with van der Waals surface area (Å²) in [6.45, 7) is 0. The van der Waals surface area contributed by atoms with Gasteiger partial charge in [-0.15, -0.1) is 0 Å². The van der Waals surface area contributed by atoms with E-state index in [-0.39, 0.29) is 0 Å². The van der Waals surface area contributed by atoms with Gasteiger partial charge in [-0.2, -0.15) is 4.98 Å². The molecule has 2 aromatic heterocycles. The molecule has 0 aliphatic heterocycles. The predicted octanol–water partition coefficient (Wildman–Crippen LogP) is 5.44. The van der Waals surface area contributed by atoms with Gasteiger partial charge in [0.2, 0.25) is 5.88 Å². The zero-order valence-electron chi connectivity index (χ0n) is 10.2. The second kappa shape index (κ2) is 5.76. The van der Waals surface area contributed by atoms with Gasteiger partial charge in [-0.05, 0) is 30.3 Å². The van der Waals surface area contributed by atoms with E-state index in [0.29, 0.717) is 22.0 Å². The average Bonchev–Trinajstić information content (AvgIpc) is 2.80. The van der Waals surface area contributed by atoms with E-state index in [0.717, 1.165) is 15.8 Å². The fourth-order valence-corrected chi connectivity index (χ4v) is 2.89. The van der Waals surface area contributed by atoms with Crippen LogP contribution >= 0.6 is 43.5 Å². The molecule has 0 amide bonds. The number of rotatable bonds is 3. The van der Waals surface area contributed by atoms with Crippen LogP contribution in [0.2, 0.25) is 5.02 Å². The van der Waals surface area contributed by atoms with E-state index in [2.05, 4.69) is 36.8 Å². The number of aromatic nitrogens is 2. The summed E-state index contributed by atoms with van der Waals surface area (Å²) in [5, 5.41) is 1.19. The van der Waals surface area contributed by atoms with Gasteiger partial charge in [-0.3, -0.25) is 4.40 Å². The van der Waals surface area contributed by atoms with Crippen LogP contribution in [0, 0.1) is 0 Å². The number of benzene rings is 1. The molecular weight excluding hydrogens is 407 g/mol. The molecule has 0 unspecified atom stereocenters. The highest BCUT2D eigenvalue weighted by atomic mass is 79.9. The number of ether oxygens (including phenoxy) is 1. The van der Waals surface area contributed by atoms with Crippen molar-refractivity contribution >= 4 is 49.1 Å². The molecule has 1 aromatic carbocycles. The van der Waals surface area contributed by atoms with Gasteiger partial charge in [-0.1, -0.05) is 49.5 Å². The molecule has 0 bridgehead atoms. The Labute approximate surface area is 137 Å². The largest absolute Gasteiger partial charge is 0.436 e. The van der Waals surface area contributed by atoms with Crippen molar-refractivity contribution in [3.8, 4) is 11.6 Å². The summed E-state index contributed by atoms with van der Waals surface area (Å²) in [5.74, 6) is 1.12. The van der Waals surface area contributed by atoms with Crippen molar-refractivity contribution in [2.45, 2.75) is 5.33 Å². The number of nitrogens with zero attached hydrogens (tertiary/aromatic N) is 2. The molecule has 3 rings (SSSR count). The molecule has 3 aromatic rings. The topological polar surface area (TPSA) is 26.5 Å². The third-order valence-electron chi connectivity index (χ3n) is 2.82. The molecule has 0 saturated carbocycles. The van der Waals surface area contributed by atoms with Crippen LogP contribution in [0.25, 0.3) is 5.65 Å². The standard InChI is InChI=1S/C14H9Br2ClN2O/c15-8-11-14(18-13-3-1-2-6-19(11)13)20-12-7-9(16)4-5-10(12)17/h1-7H,8H2. The van der Waals surface area contributed by atoms with Gasteiger partial charge >= 0.3 is 0 Å². The minimum Gasteiger partial charge on any atom is -0.436 e. The highest BCUT2D eigenvalue weighted by Crippen LogP contribution is 2.34. The van der Waals surface area contributed by atoms with Crippen molar-refractivity contribution in [1.29, 1.82) is 0 Å². The Morgan fingerprint density at radius 1 is 1.25 bits per heavy atom. The van der Waals surface area contributed by atoms with Crippen molar-refractivity contribution in [3.63, 3.8) is 0 Å². The van der Waals surface area contributed by atoms with Crippen LogP contribution < -0.4 is 4.74 Å². The van der Waals surface area contributed by atoms with Crippen molar-refractivity contribution in [3.05, 3.63) is 57.8 Å². The zero-order chi connectivity index (χ0) is 14.1. The molecule has 0 N–H and O–H groups in total. The fraction of sp³-hybridized carbons (Fsp3) is 0.0714. The molecule has 2 heterocycles. The van der Waals surface area contributed by atoms with Gasteiger partial charge in [0.05, 0.1) is 10.7 Å². The summed E-state index contributed by atoms with van der Waals surface area (Å²) < 4.78 is 8.76. The Hall–Kier alpha value is -1.04. The number of hydrogen-bond donors (Lipinski definition) is 0. The van der Waals surface area contributed by atoms with Crippen LogP contribution in [0.1, 0.15) is 5.69 Å². The van der Waals surface area contributed by atoms with E-state index in [1.165, 1.54) is 0 Å². The number of fused-ring (bicyclic) bond motifs is 1. The smallest absolute Gasteiger partial charge is 0.242 e. The molecule has 0 fully saturated rings. The SMILES string of the molecule is Clc1ccc(Br)cc1Oc1nc2ccccn2c1CBr. The van der Waals surface area contributed by atoms with Crippen molar-refractivity contribution in [1.82, 2.24) is 9.38 Å². The van der Waals surface area contributed by atoms with E-state index in [1.54, 1.807) is 6.07 Å². The molecule has 0 atom stereocenters. The summed E-state index contributed by atoms with van der Waals surface area (Å²) in [5.41, 5.74) is 1.78. The number of pyridine rings is 1. The summed E-state index contributed by atoms with van der Waals surface area (Å²) in [6, 6.07) is 11.3. The molecule has 0 aliphatic carbocycles. The summed E-state index contributed by atoms with van der Waals surface area (Å²) >= 11 is 13.0. The first-order valence-electron chi connectivity index (χ1n) is 5.84. The Balaban J connectivity index is 2.08. The predicted molar refractivity (Wildman–Crippen MR) is 87.0 cm³/mol. The van der Waals surface area contributed by atoms with Crippen LogP contribution in [-0.4, -0.2) is 9.38 Å². The molecule has 0 spiro atoms. The van der Waals surface area contributed by atoms with Crippen molar-refractivity contribution in [2.24, 2.45) is 0 Å². The maximum absolute atomic E-state index is 6.15. The summed E-state index contributed by atoms with van der Waals surface area (Å²) in [4.78, 5) is 4.49. The van der Waals surface area contributed by atoms with Gasteiger partial charge in [0, 0.05) is 16.0 Å². The first-order chi connectivity index (χ1) is 9.69. The first kappa shape index (κ1) is 13.9. The number of imidazole rings is 1. The van der Waals surface area contributed by atoms with Gasteiger partial charge < -0.3 is 4.74 Å². The second-order valence-electron chi connectivity index (χ2n) is 4.10. The van der Waals surface area contributed by atoms with Crippen LogP contribution in [0.5, 0.6) is 11.6 Å². The Morgan fingerprint density at radius 2 is 2.10 bits per heavy atom. The molecular formula is C14H9Br2ClN2O. The van der Waals surface area contributed by atoms with E-state index < -0.39 is 0 Å². The lowest BCUT2D eigenvalue weighted by molar-refractivity contribution is 0.461. The van der Waals surface area contributed by atoms with Gasteiger partial charge in [-0.25, -0.2) is 0 Å². The van der Waals surface area contributed by atoms with E-state index >= 15 is 0 Å². The molecule has 20 heavy (non-hydrogen) atoms. The quantitative estimate of drug-likeness (QED) is 0.532. The molecule has 102 valence electrons. The fourth-order valence-electron chi connectivity index (χ4n) is 1.89. The van der Waals surface area contributed by atoms with Crippen LogP contribution in [0.15, 0.2) is 47.1 Å². The molecule has 0 saturated heterocycles. The number of halogens is 3. The highest BCUT2D eigenvalue weighted by molar-refractivity contribution is 9.10. The zero-order valence-corrected chi connectivity index (χ0v) is 14.1. The first-order valence-corrected chi connectivity index (χ1v) is 8.13. The molecule has 3 nitrogen and oxygen atoms in total. The number of alkyl halides is 1. The lowest BCUT2D eigenvalue weighted by atomic mass is 10.3. The van der Waals surface area contributed by atoms with E-state index in [9.17, 15) is 0 Å². The van der Waals surface area contributed by atoms with Crippen LogP contribution in [0.4, 0.5) is 0 Å². The third-order valence-corrected chi connectivity index (χ3v) is 4.16. The van der Waals surface area contributed by atoms with Crippen molar-refractivity contribution in [2.75, 3.05) is 0 Å². The molecule has 6 heteroatoms. The summed E-state index contributed by atoms with van der Waals surface area (Å²) in [6.07, 6.45) is 1.95. The highest BCUT2D eigenvalue weighted by Gasteiger charge is 2.14. The van der Waals surface area contributed by atoms with E-state index in [4.69, 9.17) is 16.3 Å². The average molecular weight is 417 g/mol. The minimum atomic E-state index is 0.547. The maximum Gasteiger partial charge on any atom is 0.242 e. The second-order valence-corrected chi connectivity index (χ2v) is 5.99. The number of hydrogen-bond acceptors (Lipinski definition) is 2. The maximum atomic E-state index is 6.15. The van der Waals surface area contributed by atoms with Crippen LogP contribution in [-0.2, 0) is 5.33 Å². The van der Waals surface area contributed by atoms with Gasteiger partial charge in [0.25, 0.3) is 0 Å². The Bertz CT molecular complexity index is 773. The van der Waals surface area contributed by atoms with Gasteiger partial charge in [0.1, 0.15) is 11.4 Å². The Morgan fingerprint density at radius 3 is 2.90 bits per heavy atom. The summed E-state index contributed by atoms with van der Waals surface area (Å²) in [7, 11) is 0. The lowest BCUT2D eigenvalue weighted by Crippen LogP contribution is -1.92. The van der Waals surface area contributed by atoms with Gasteiger partial charge in [0.15, 0.2) is 0 Å². The normalized spacial score (nSPS) is 10.9. The monoisotopic (exact) mass is 414 g/mol. The molecule has 0 radical (unpaired) electrons. The lowest BCUT2D eigenvalue weighted by Gasteiger charge is -2.06. The molecule has 0 aliphatic rings. The third kappa shape index (κ3) is 2.57. The minimum absolute atomic E-state index is 0.547. The Kier molecular flexibility index (Phi) is 4.01. The van der Waals surface area contributed by atoms with E-state index in [1.807, 2.05) is 40.9 Å².